The smallest absolute Gasteiger partial charge is 0.233 e. The highest BCUT2D eigenvalue weighted by molar-refractivity contribution is 8.00. The Hall–Kier alpha value is -1.65. The van der Waals surface area contributed by atoms with E-state index in [9.17, 15) is 4.79 Å². The number of aryl methyl sites for hydroxylation is 1. The molecule has 0 saturated heterocycles. The average molecular weight is 406 g/mol. The first-order valence-corrected chi connectivity index (χ1v) is 10.4. The summed E-state index contributed by atoms with van der Waals surface area (Å²) in [4.78, 5) is 13.7. The quantitative estimate of drug-likeness (QED) is 0.562. The summed E-state index contributed by atoms with van der Waals surface area (Å²) in [5, 5.41) is 3.64. The van der Waals surface area contributed by atoms with Gasteiger partial charge in [-0.15, -0.1) is 11.8 Å². The van der Waals surface area contributed by atoms with Crippen molar-refractivity contribution in [3.63, 3.8) is 0 Å². The molecule has 146 valence electrons. The minimum atomic E-state index is -0.197. The Morgan fingerprint density at radius 2 is 1.70 bits per heavy atom. The molecule has 0 radical (unpaired) electrons. The van der Waals surface area contributed by atoms with Crippen molar-refractivity contribution in [2.45, 2.75) is 56.7 Å². The van der Waals surface area contributed by atoms with Gasteiger partial charge in [-0.05, 0) is 79.8 Å². The fourth-order valence-corrected chi connectivity index (χ4v) is 3.99. The van der Waals surface area contributed by atoms with Crippen LogP contribution in [0.1, 0.15) is 56.3 Å². The lowest BCUT2D eigenvalue weighted by Gasteiger charge is -2.22. The van der Waals surface area contributed by atoms with Gasteiger partial charge in [0.1, 0.15) is 5.75 Å². The molecule has 0 aromatic heterocycles. The average Bonchev–Trinajstić information content (AvgIpc) is 2.62. The Balaban J connectivity index is 2.11. The predicted octanol–water partition coefficient (Wildman–Crippen LogP) is 6.14. The van der Waals surface area contributed by atoms with Gasteiger partial charge in [0, 0.05) is 9.92 Å². The summed E-state index contributed by atoms with van der Waals surface area (Å²) < 4.78 is 5.52. The zero-order chi connectivity index (χ0) is 20.1. The van der Waals surface area contributed by atoms with E-state index in [1.165, 1.54) is 11.8 Å². The molecule has 1 N–H and O–H groups in total. The maximum absolute atomic E-state index is 12.7. The van der Waals surface area contributed by atoms with E-state index >= 15 is 0 Å². The molecule has 0 aliphatic rings. The summed E-state index contributed by atoms with van der Waals surface area (Å²) in [6.07, 6.45) is 0. The van der Waals surface area contributed by atoms with E-state index < -0.39 is 0 Å². The van der Waals surface area contributed by atoms with E-state index in [0.717, 1.165) is 27.3 Å². The van der Waals surface area contributed by atoms with E-state index in [2.05, 4.69) is 38.2 Å². The van der Waals surface area contributed by atoms with Crippen molar-refractivity contribution in [3.8, 4) is 5.75 Å². The molecule has 2 rings (SSSR count). The molecule has 0 aliphatic heterocycles. The van der Waals surface area contributed by atoms with Gasteiger partial charge in [-0.1, -0.05) is 25.4 Å². The molecule has 2 aromatic carbocycles. The topological polar surface area (TPSA) is 38.3 Å². The van der Waals surface area contributed by atoms with Crippen molar-refractivity contribution in [3.05, 3.63) is 58.1 Å². The third-order valence-electron chi connectivity index (χ3n) is 4.56. The summed E-state index contributed by atoms with van der Waals surface area (Å²) in [5.41, 5.74) is 3.39. The molecule has 0 unspecified atom stereocenters. The molecule has 0 aliphatic carbocycles. The summed E-state index contributed by atoms with van der Waals surface area (Å²) >= 11 is 7.45. The number of carbonyl (C=O) groups excluding carboxylic acids is 1. The van der Waals surface area contributed by atoms with Gasteiger partial charge in [-0.2, -0.15) is 0 Å². The SMILES string of the molecule is COc1cc(C)c([C@H](C)NC(=O)[C@H](C)Sc2ccc(Cl)cc2)cc1C(C)C. The van der Waals surface area contributed by atoms with Crippen LogP contribution in [-0.4, -0.2) is 18.3 Å². The monoisotopic (exact) mass is 405 g/mol. The number of hydrogen-bond acceptors (Lipinski definition) is 3. The van der Waals surface area contributed by atoms with E-state index in [0.29, 0.717) is 10.9 Å². The van der Waals surface area contributed by atoms with Crippen LogP contribution in [0.15, 0.2) is 41.3 Å². The first-order chi connectivity index (χ1) is 12.7. The zero-order valence-corrected chi connectivity index (χ0v) is 18.4. The Kier molecular flexibility index (Phi) is 7.63. The van der Waals surface area contributed by atoms with Crippen molar-refractivity contribution < 1.29 is 9.53 Å². The molecule has 3 nitrogen and oxygen atoms in total. The van der Waals surface area contributed by atoms with E-state index in [-0.39, 0.29) is 17.2 Å². The number of benzene rings is 2. The lowest BCUT2D eigenvalue weighted by atomic mass is 9.93. The van der Waals surface area contributed by atoms with Gasteiger partial charge >= 0.3 is 0 Å². The van der Waals surface area contributed by atoms with Crippen LogP contribution in [0.25, 0.3) is 0 Å². The molecule has 0 spiro atoms. The molecule has 5 heteroatoms. The van der Waals surface area contributed by atoms with Crippen LogP contribution >= 0.6 is 23.4 Å². The Morgan fingerprint density at radius 3 is 2.26 bits per heavy atom. The third kappa shape index (κ3) is 5.66. The van der Waals surface area contributed by atoms with Gasteiger partial charge in [0.15, 0.2) is 0 Å². The fraction of sp³-hybridized carbons (Fsp3) is 0.409. The standard InChI is InChI=1S/C22H28ClNO2S/c1-13(2)19-12-20(14(3)11-21(19)26-6)15(4)24-22(25)16(5)27-18-9-7-17(23)8-10-18/h7-13,15-16H,1-6H3,(H,24,25)/t15-,16-/m0/s1. The van der Waals surface area contributed by atoms with Crippen LogP contribution in [-0.2, 0) is 4.79 Å². The molecule has 2 atom stereocenters. The number of carbonyl (C=O) groups is 1. The van der Waals surface area contributed by atoms with Gasteiger partial charge in [-0.3, -0.25) is 4.79 Å². The summed E-state index contributed by atoms with van der Waals surface area (Å²) in [7, 11) is 1.70. The molecule has 27 heavy (non-hydrogen) atoms. The number of rotatable bonds is 7. The first kappa shape index (κ1) is 21.6. The molecular weight excluding hydrogens is 378 g/mol. The van der Waals surface area contributed by atoms with E-state index in [4.69, 9.17) is 16.3 Å². The molecule has 0 bridgehead atoms. The molecule has 0 saturated carbocycles. The van der Waals surface area contributed by atoms with E-state index in [1.54, 1.807) is 7.11 Å². The lowest BCUT2D eigenvalue weighted by molar-refractivity contribution is -0.120. The Morgan fingerprint density at radius 1 is 1.07 bits per heavy atom. The molecule has 1 amide bonds. The van der Waals surface area contributed by atoms with Gasteiger partial charge < -0.3 is 10.1 Å². The third-order valence-corrected chi connectivity index (χ3v) is 5.93. The van der Waals surface area contributed by atoms with Crippen molar-refractivity contribution in [2.24, 2.45) is 0 Å². The summed E-state index contributed by atoms with van der Waals surface area (Å²) in [5.74, 6) is 1.27. The summed E-state index contributed by atoms with van der Waals surface area (Å²) in [6.45, 7) is 10.3. The van der Waals surface area contributed by atoms with Crippen molar-refractivity contribution in [1.29, 1.82) is 0 Å². The normalized spacial score (nSPS) is 13.3. The Bertz CT molecular complexity index is 790. The number of halogens is 1. The number of ether oxygens (including phenoxy) is 1. The van der Waals surface area contributed by atoms with Gasteiger partial charge in [0.2, 0.25) is 5.91 Å². The number of nitrogens with one attached hydrogen (secondary N) is 1. The fourth-order valence-electron chi connectivity index (χ4n) is 2.99. The predicted molar refractivity (Wildman–Crippen MR) is 115 cm³/mol. The van der Waals surface area contributed by atoms with Crippen LogP contribution in [0.4, 0.5) is 0 Å². The lowest BCUT2D eigenvalue weighted by Crippen LogP contribution is -2.33. The van der Waals surface area contributed by atoms with Crippen molar-refractivity contribution in [2.75, 3.05) is 7.11 Å². The second kappa shape index (κ2) is 9.52. The maximum atomic E-state index is 12.7. The number of amides is 1. The second-order valence-corrected chi connectivity index (χ2v) is 8.90. The first-order valence-electron chi connectivity index (χ1n) is 9.14. The zero-order valence-electron chi connectivity index (χ0n) is 16.8. The van der Waals surface area contributed by atoms with Crippen molar-refractivity contribution >= 4 is 29.3 Å². The van der Waals surface area contributed by atoms with E-state index in [1.807, 2.05) is 38.1 Å². The largest absolute Gasteiger partial charge is 0.496 e. The molecule has 2 aromatic rings. The van der Waals surface area contributed by atoms with Gasteiger partial charge in [-0.25, -0.2) is 0 Å². The number of thioether (sulfide) groups is 1. The van der Waals surface area contributed by atoms with Crippen LogP contribution in [0.3, 0.4) is 0 Å². The number of methoxy groups -OCH3 is 1. The van der Waals surface area contributed by atoms with Crippen LogP contribution < -0.4 is 10.1 Å². The minimum Gasteiger partial charge on any atom is -0.496 e. The second-order valence-electron chi connectivity index (χ2n) is 7.05. The van der Waals surface area contributed by atoms with Gasteiger partial charge in [0.25, 0.3) is 0 Å². The number of hydrogen-bond donors (Lipinski definition) is 1. The van der Waals surface area contributed by atoms with Crippen molar-refractivity contribution in [1.82, 2.24) is 5.32 Å². The van der Waals surface area contributed by atoms with Crippen LogP contribution in [0.2, 0.25) is 5.02 Å². The Labute approximate surface area is 171 Å². The minimum absolute atomic E-state index is 0.0174. The molecule has 0 fully saturated rings. The molecular formula is C22H28ClNO2S. The van der Waals surface area contributed by atoms with Crippen LogP contribution in [0.5, 0.6) is 5.75 Å². The summed E-state index contributed by atoms with van der Waals surface area (Å²) in [6, 6.07) is 11.7. The van der Waals surface area contributed by atoms with Gasteiger partial charge in [0.05, 0.1) is 18.4 Å². The molecule has 0 heterocycles. The maximum Gasteiger partial charge on any atom is 0.233 e. The highest BCUT2D eigenvalue weighted by Crippen LogP contribution is 2.32. The highest BCUT2D eigenvalue weighted by Gasteiger charge is 2.20. The highest BCUT2D eigenvalue weighted by atomic mass is 35.5. The van der Waals surface area contributed by atoms with Crippen LogP contribution in [0, 0.1) is 6.92 Å².